The van der Waals surface area contributed by atoms with Gasteiger partial charge in [-0.15, -0.1) is 0 Å². The molecule has 23 heavy (non-hydrogen) atoms. The van der Waals surface area contributed by atoms with Crippen LogP contribution in [-0.4, -0.2) is 23.5 Å². The van der Waals surface area contributed by atoms with Gasteiger partial charge in [0.1, 0.15) is 0 Å². The highest BCUT2D eigenvalue weighted by molar-refractivity contribution is 7.92. The molecule has 3 rings (SSSR count). The van der Waals surface area contributed by atoms with E-state index in [9.17, 15) is 13.5 Å². The third kappa shape index (κ3) is 3.29. The zero-order valence-electron chi connectivity index (χ0n) is 11.9. The van der Waals surface area contributed by atoms with Gasteiger partial charge in [0.05, 0.1) is 4.90 Å². The van der Waals surface area contributed by atoms with Crippen molar-refractivity contribution in [2.24, 2.45) is 0 Å². The minimum atomic E-state index is -3.82. The summed E-state index contributed by atoms with van der Waals surface area (Å²) in [6.45, 7) is 0. The lowest BCUT2D eigenvalue weighted by Gasteiger charge is -2.09. The van der Waals surface area contributed by atoms with Crippen LogP contribution in [0.25, 0.3) is 11.1 Å². The van der Waals surface area contributed by atoms with Crippen molar-refractivity contribution >= 4 is 15.8 Å². The first-order valence-corrected chi connectivity index (χ1v) is 8.22. The maximum atomic E-state index is 12.3. The van der Waals surface area contributed by atoms with Gasteiger partial charge in [-0.3, -0.25) is 9.71 Å². The first kappa shape index (κ1) is 15.0. The van der Waals surface area contributed by atoms with Gasteiger partial charge in [0, 0.05) is 18.6 Å². The van der Waals surface area contributed by atoms with Crippen molar-refractivity contribution in [1.29, 1.82) is 0 Å². The van der Waals surface area contributed by atoms with Crippen molar-refractivity contribution < 1.29 is 13.5 Å². The zero-order chi connectivity index (χ0) is 16.3. The highest BCUT2D eigenvalue weighted by atomic mass is 32.2. The zero-order valence-corrected chi connectivity index (χ0v) is 12.7. The van der Waals surface area contributed by atoms with Crippen LogP contribution < -0.4 is 4.72 Å². The van der Waals surface area contributed by atoms with Crippen LogP contribution >= 0.6 is 0 Å². The molecule has 0 aliphatic carbocycles. The molecule has 0 saturated heterocycles. The molecule has 1 aromatic carbocycles. The second-order valence-electron chi connectivity index (χ2n) is 4.74. The molecule has 0 radical (unpaired) electrons. The molecule has 0 aliphatic heterocycles. The Bertz CT molecular complexity index is 911. The molecule has 0 atom stereocenters. The Morgan fingerprint density at radius 2 is 1.52 bits per heavy atom. The summed E-state index contributed by atoms with van der Waals surface area (Å²) in [5.41, 5.74) is 1.83. The van der Waals surface area contributed by atoms with Gasteiger partial charge in [-0.2, -0.15) is 0 Å². The summed E-state index contributed by atoms with van der Waals surface area (Å²) in [5.74, 6) is -0.338. The van der Waals surface area contributed by atoms with Gasteiger partial charge in [-0.05, 0) is 47.5 Å². The summed E-state index contributed by atoms with van der Waals surface area (Å²) in [5, 5.41) is 9.62. The van der Waals surface area contributed by atoms with Gasteiger partial charge < -0.3 is 5.11 Å². The van der Waals surface area contributed by atoms with Gasteiger partial charge in [0.2, 0.25) is 0 Å². The van der Waals surface area contributed by atoms with Crippen LogP contribution in [0.15, 0.2) is 72.0 Å². The minimum absolute atomic E-state index is 0.0837. The number of sulfonamides is 1. The van der Waals surface area contributed by atoms with Crippen molar-refractivity contribution in [2.75, 3.05) is 4.72 Å². The number of hydrogen-bond donors (Lipinski definition) is 2. The van der Waals surface area contributed by atoms with Crippen LogP contribution in [0.3, 0.4) is 0 Å². The van der Waals surface area contributed by atoms with Crippen molar-refractivity contribution in [3.05, 3.63) is 67.1 Å². The van der Waals surface area contributed by atoms with E-state index in [0.29, 0.717) is 0 Å². The maximum Gasteiger partial charge on any atom is 0.263 e. The van der Waals surface area contributed by atoms with Crippen LogP contribution in [0.4, 0.5) is 5.82 Å². The predicted octanol–water partition coefficient (Wildman–Crippen LogP) is 2.65. The van der Waals surface area contributed by atoms with E-state index in [4.69, 9.17) is 0 Å². The second kappa shape index (κ2) is 6.05. The molecule has 0 bridgehead atoms. The molecule has 0 fully saturated rings. The maximum absolute atomic E-state index is 12.3. The highest BCUT2D eigenvalue weighted by Gasteiger charge is 2.16. The topological polar surface area (TPSA) is 92.2 Å². The van der Waals surface area contributed by atoms with Crippen LogP contribution in [0.2, 0.25) is 0 Å². The van der Waals surface area contributed by atoms with Crippen molar-refractivity contribution in [3.8, 4) is 16.9 Å². The van der Waals surface area contributed by atoms with Crippen molar-refractivity contribution in [3.63, 3.8) is 0 Å². The second-order valence-corrected chi connectivity index (χ2v) is 6.42. The fourth-order valence-electron chi connectivity index (χ4n) is 2.03. The van der Waals surface area contributed by atoms with Crippen LogP contribution in [0.1, 0.15) is 0 Å². The summed E-state index contributed by atoms with van der Waals surface area (Å²) in [7, 11) is -3.82. The van der Waals surface area contributed by atoms with Crippen molar-refractivity contribution in [2.45, 2.75) is 4.90 Å². The van der Waals surface area contributed by atoms with Crippen LogP contribution in [-0.2, 0) is 10.0 Å². The molecule has 0 unspecified atom stereocenters. The number of hydrogen-bond acceptors (Lipinski definition) is 5. The Balaban J connectivity index is 1.88. The number of nitrogens with one attached hydrogen (secondary N) is 1. The number of pyridine rings is 2. The predicted molar refractivity (Wildman–Crippen MR) is 86.4 cm³/mol. The first-order chi connectivity index (χ1) is 11.1. The van der Waals surface area contributed by atoms with E-state index < -0.39 is 10.0 Å². The standard InChI is InChI=1S/C16H13N3O3S/c20-15-2-1-9-18-16(15)19-23(21,22)14-5-3-12(4-6-14)13-7-10-17-11-8-13/h1-11,20H,(H,18,19). The van der Waals surface area contributed by atoms with Gasteiger partial charge in [0.25, 0.3) is 10.0 Å². The Kier molecular flexibility index (Phi) is 3.94. The number of anilines is 1. The molecular weight excluding hydrogens is 314 g/mol. The van der Waals surface area contributed by atoms with Gasteiger partial charge >= 0.3 is 0 Å². The number of nitrogens with zero attached hydrogens (tertiary/aromatic N) is 2. The minimum Gasteiger partial charge on any atom is -0.504 e. The SMILES string of the molecule is O=S(=O)(Nc1ncccc1O)c1ccc(-c2ccncc2)cc1. The Labute approximate surface area is 133 Å². The van der Waals surface area contributed by atoms with E-state index in [-0.39, 0.29) is 16.5 Å². The lowest BCUT2D eigenvalue weighted by molar-refractivity contribution is 0.475. The molecule has 0 amide bonds. The fourth-order valence-corrected chi connectivity index (χ4v) is 3.06. The molecule has 2 heterocycles. The summed E-state index contributed by atoms with van der Waals surface area (Å²) in [6, 6.07) is 13.0. The van der Waals surface area contributed by atoms with Gasteiger partial charge in [-0.1, -0.05) is 12.1 Å². The largest absolute Gasteiger partial charge is 0.504 e. The molecule has 3 aromatic rings. The van der Waals surface area contributed by atoms with Crippen LogP contribution in [0, 0.1) is 0 Å². The number of rotatable bonds is 4. The lowest BCUT2D eigenvalue weighted by atomic mass is 10.1. The smallest absolute Gasteiger partial charge is 0.263 e. The Morgan fingerprint density at radius 3 is 2.17 bits per heavy atom. The van der Waals surface area contributed by atoms with E-state index in [1.54, 1.807) is 24.5 Å². The molecule has 2 N–H and O–H groups in total. The summed E-state index contributed by atoms with van der Waals surface area (Å²) in [4.78, 5) is 7.84. The fraction of sp³-hybridized carbons (Fsp3) is 0. The molecule has 0 aliphatic rings. The van der Waals surface area contributed by atoms with E-state index in [0.717, 1.165) is 11.1 Å². The van der Waals surface area contributed by atoms with Gasteiger partial charge in [0.15, 0.2) is 11.6 Å². The average Bonchev–Trinajstić information content (AvgIpc) is 2.58. The molecule has 6 nitrogen and oxygen atoms in total. The highest BCUT2D eigenvalue weighted by Crippen LogP contribution is 2.24. The number of aromatic hydroxyl groups is 1. The van der Waals surface area contributed by atoms with E-state index >= 15 is 0 Å². The average molecular weight is 327 g/mol. The third-order valence-electron chi connectivity index (χ3n) is 3.20. The number of aromatic nitrogens is 2. The van der Waals surface area contributed by atoms with E-state index in [2.05, 4.69) is 14.7 Å². The summed E-state index contributed by atoms with van der Waals surface area (Å²) >= 11 is 0. The molecule has 0 spiro atoms. The first-order valence-electron chi connectivity index (χ1n) is 6.73. The van der Waals surface area contributed by atoms with Crippen LogP contribution in [0.5, 0.6) is 5.75 Å². The third-order valence-corrected chi connectivity index (χ3v) is 4.55. The molecule has 7 heteroatoms. The Morgan fingerprint density at radius 1 is 0.870 bits per heavy atom. The van der Waals surface area contributed by atoms with Crippen molar-refractivity contribution in [1.82, 2.24) is 9.97 Å². The van der Waals surface area contributed by atoms with E-state index in [1.165, 1.54) is 30.5 Å². The normalized spacial score (nSPS) is 11.1. The summed E-state index contributed by atoms with van der Waals surface area (Å²) < 4.78 is 26.9. The summed E-state index contributed by atoms with van der Waals surface area (Å²) in [6.07, 6.45) is 4.74. The molecular formula is C16H13N3O3S. The van der Waals surface area contributed by atoms with Gasteiger partial charge in [-0.25, -0.2) is 13.4 Å². The lowest BCUT2D eigenvalue weighted by Crippen LogP contribution is -2.13. The monoisotopic (exact) mass is 327 g/mol. The Hall–Kier alpha value is -2.93. The number of benzene rings is 1. The molecule has 0 saturated carbocycles. The molecule has 116 valence electrons. The quantitative estimate of drug-likeness (QED) is 0.768. The molecule has 2 aromatic heterocycles. The van der Waals surface area contributed by atoms with E-state index in [1.807, 2.05) is 12.1 Å².